The van der Waals surface area contributed by atoms with Crippen LogP contribution in [0.5, 0.6) is 0 Å². The molecule has 2 rings (SSSR count). The van der Waals surface area contributed by atoms with Crippen molar-refractivity contribution in [3.8, 4) is 0 Å². The summed E-state index contributed by atoms with van der Waals surface area (Å²) in [7, 11) is 0. The van der Waals surface area contributed by atoms with Gasteiger partial charge in [0, 0.05) is 0 Å². The van der Waals surface area contributed by atoms with Gasteiger partial charge in [-0.2, -0.15) is 0 Å². The molecule has 0 heterocycles. The van der Waals surface area contributed by atoms with Crippen LogP contribution >= 0.6 is 0 Å². The number of aromatic carboxylic acids is 1. The smallest absolute Gasteiger partial charge is 0.340 e. The molecule has 5 heteroatoms. The van der Waals surface area contributed by atoms with Gasteiger partial charge in [-0.15, -0.1) is 0 Å². The molecule has 20 heavy (non-hydrogen) atoms. The van der Waals surface area contributed by atoms with Gasteiger partial charge in [0.05, 0.1) is 11.1 Å². The summed E-state index contributed by atoms with van der Waals surface area (Å²) in [6.07, 6.45) is 9.00. The van der Waals surface area contributed by atoms with Crippen LogP contribution in [-0.2, 0) is 4.74 Å². The van der Waals surface area contributed by atoms with Crippen molar-refractivity contribution in [3.05, 3.63) is 35.4 Å². The number of hydrogen-bond acceptors (Lipinski definition) is 4. The minimum absolute atomic E-state index is 0.0885. The molecule has 1 saturated carbocycles. The van der Waals surface area contributed by atoms with Crippen molar-refractivity contribution >= 4 is 11.9 Å². The Balaban J connectivity index is 0.000000276. The van der Waals surface area contributed by atoms with E-state index in [0.29, 0.717) is 0 Å². The van der Waals surface area contributed by atoms with E-state index in [0.717, 1.165) is 0 Å². The molecule has 0 bridgehead atoms. The molecule has 0 aliphatic heterocycles. The highest BCUT2D eigenvalue weighted by Gasteiger charge is 2.07. The number of ether oxygens (including phenoxy) is 1. The van der Waals surface area contributed by atoms with Gasteiger partial charge >= 0.3 is 11.9 Å². The fraction of sp³-hybridized carbons (Fsp3) is 0.467. The molecule has 1 aliphatic carbocycles. The first kappa shape index (κ1) is 16.2. The van der Waals surface area contributed by atoms with Crippen LogP contribution in [0.2, 0.25) is 0 Å². The zero-order chi connectivity index (χ0) is 14.8. The van der Waals surface area contributed by atoms with Crippen molar-refractivity contribution in [2.24, 2.45) is 0 Å². The van der Waals surface area contributed by atoms with Gasteiger partial charge in [0.1, 0.15) is 0 Å². The Labute approximate surface area is 118 Å². The van der Waals surface area contributed by atoms with Gasteiger partial charge in [0.2, 0.25) is 0 Å². The van der Waals surface area contributed by atoms with E-state index in [9.17, 15) is 9.59 Å². The lowest BCUT2D eigenvalue weighted by Crippen LogP contribution is -2.06. The topological polar surface area (TPSA) is 83.8 Å². The quantitative estimate of drug-likeness (QED) is 0.657. The number of carboxylic acid groups (broad SMARTS) is 1. The van der Waals surface area contributed by atoms with Crippen LogP contribution in [0.15, 0.2) is 24.3 Å². The molecule has 0 amide bonds. The minimum atomic E-state index is -1.06. The Hall–Kier alpha value is -1.88. The van der Waals surface area contributed by atoms with E-state index in [1.165, 1.54) is 62.8 Å². The van der Waals surface area contributed by atoms with Crippen molar-refractivity contribution in [3.63, 3.8) is 0 Å². The van der Waals surface area contributed by atoms with Crippen molar-refractivity contribution in [2.45, 2.75) is 38.5 Å². The lowest BCUT2D eigenvalue weighted by atomic mass is 10.0. The van der Waals surface area contributed by atoms with Crippen molar-refractivity contribution in [1.29, 1.82) is 0 Å². The van der Waals surface area contributed by atoms with Crippen LogP contribution in [-0.4, -0.2) is 28.9 Å². The van der Waals surface area contributed by atoms with Crippen LogP contribution in [0, 0.1) is 0 Å². The molecule has 0 radical (unpaired) electrons. The molecule has 0 aromatic heterocycles. The Morgan fingerprint density at radius 2 is 1.30 bits per heavy atom. The van der Waals surface area contributed by atoms with Crippen LogP contribution in [0.4, 0.5) is 0 Å². The molecule has 1 aromatic rings. The van der Waals surface area contributed by atoms with E-state index < -0.39 is 18.7 Å². The van der Waals surface area contributed by atoms with Gasteiger partial charge in [-0.1, -0.05) is 38.5 Å². The van der Waals surface area contributed by atoms with Crippen molar-refractivity contribution in [2.75, 3.05) is 6.79 Å². The number of benzene rings is 1. The molecule has 110 valence electrons. The van der Waals surface area contributed by atoms with Gasteiger partial charge in [0.25, 0.3) is 0 Å². The zero-order valence-electron chi connectivity index (χ0n) is 11.4. The first-order valence-electron chi connectivity index (χ1n) is 6.76. The SMILES string of the molecule is C1CCCCC1.O=C(O)c1ccc(C(=O)OCO)cc1. The molecule has 5 nitrogen and oxygen atoms in total. The second kappa shape index (κ2) is 9.09. The molecular weight excluding hydrogens is 260 g/mol. The average Bonchev–Trinajstić information content (AvgIpc) is 2.50. The highest BCUT2D eigenvalue weighted by Crippen LogP contribution is 2.15. The summed E-state index contributed by atoms with van der Waals surface area (Å²) in [5.74, 6) is -1.75. The van der Waals surface area contributed by atoms with Gasteiger partial charge in [0.15, 0.2) is 6.79 Å². The first-order chi connectivity index (χ1) is 9.65. The average molecular weight is 280 g/mol. The lowest BCUT2D eigenvalue weighted by molar-refractivity contribution is 0.00680. The molecule has 0 saturated heterocycles. The van der Waals surface area contributed by atoms with E-state index in [-0.39, 0.29) is 11.1 Å². The highest BCUT2D eigenvalue weighted by molar-refractivity contribution is 5.92. The molecule has 1 aromatic carbocycles. The number of carbonyl (C=O) groups excluding carboxylic acids is 1. The summed E-state index contributed by atoms with van der Waals surface area (Å²) < 4.78 is 4.30. The molecular formula is C15H20O5. The fourth-order valence-electron chi connectivity index (χ4n) is 1.95. The van der Waals surface area contributed by atoms with Gasteiger partial charge < -0.3 is 14.9 Å². The summed E-state index contributed by atoms with van der Waals surface area (Å²) in [4.78, 5) is 21.4. The lowest BCUT2D eigenvalue weighted by Gasteiger charge is -2.05. The summed E-state index contributed by atoms with van der Waals surface area (Å²) in [5.41, 5.74) is 0.287. The predicted octanol–water partition coefficient (Wildman–Crippen LogP) is 2.83. The van der Waals surface area contributed by atoms with Crippen LogP contribution < -0.4 is 0 Å². The van der Waals surface area contributed by atoms with Crippen LogP contribution in [0.1, 0.15) is 59.2 Å². The minimum Gasteiger partial charge on any atom is -0.478 e. The number of hydrogen-bond donors (Lipinski definition) is 2. The van der Waals surface area contributed by atoms with Gasteiger partial charge in [-0.25, -0.2) is 9.59 Å². The predicted molar refractivity (Wildman–Crippen MR) is 73.6 cm³/mol. The normalized spacial score (nSPS) is 13.8. The van der Waals surface area contributed by atoms with Crippen LogP contribution in [0.3, 0.4) is 0 Å². The summed E-state index contributed by atoms with van der Waals surface area (Å²) >= 11 is 0. The maximum absolute atomic E-state index is 11.0. The third-order valence-corrected chi connectivity index (χ3v) is 3.06. The van der Waals surface area contributed by atoms with Crippen molar-refractivity contribution in [1.82, 2.24) is 0 Å². The van der Waals surface area contributed by atoms with Crippen molar-refractivity contribution < 1.29 is 24.5 Å². The Morgan fingerprint density at radius 1 is 0.900 bits per heavy atom. The van der Waals surface area contributed by atoms with Crippen LogP contribution in [0.25, 0.3) is 0 Å². The maximum atomic E-state index is 11.0. The Morgan fingerprint density at radius 3 is 1.65 bits per heavy atom. The molecule has 1 fully saturated rings. The number of aliphatic hydroxyl groups is 1. The number of esters is 1. The molecule has 0 spiro atoms. The Bertz CT molecular complexity index is 409. The standard InChI is InChI=1S/C9H8O5.C6H12/c10-5-14-9(13)7-3-1-6(2-4-7)8(11)12;1-2-4-6-5-3-1/h1-4,10H,5H2,(H,11,12);1-6H2. The third kappa shape index (κ3) is 5.84. The first-order valence-corrected chi connectivity index (χ1v) is 6.76. The summed E-state index contributed by atoms with van der Waals surface area (Å²) in [5, 5.41) is 16.9. The van der Waals surface area contributed by atoms with E-state index in [1.807, 2.05) is 0 Å². The third-order valence-electron chi connectivity index (χ3n) is 3.06. The van der Waals surface area contributed by atoms with E-state index in [2.05, 4.69) is 4.74 Å². The molecule has 0 unspecified atom stereocenters. The van der Waals surface area contributed by atoms with E-state index >= 15 is 0 Å². The molecule has 0 atom stereocenters. The number of carbonyl (C=O) groups is 2. The largest absolute Gasteiger partial charge is 0.478 e. The Kier molecular flexibility index (Phi) is 7.35. The van der Waals surface area contributed by atoms with E-state index in [4.69, 9.17) is 10.2 Å². The molecule has 1 aliphatic rings. The number of carboxylic acids is 1. The second-order valence-electron chi connectivity index (χ2n) is 4.56. The zero-order valence-corrected chi connectivity index (χ0v) is 11.4. The van der Waals surface area contributed by atoms with Gasteiger partial charge in [-0.3, -0.25) is 0 Å². The second-order valence-corrected chi connectivity index (χ2v) is 4.56. The highest BCUT2D eigenvalue weighted by atomic mass is 16.6. The molecule has 2 N–H and O–H groups in total. The van der Waals surface area contributed by atoms with Gasteiger partial charge in [-0.05, 0) is 24.3 Å². The summed E-state index contributed by atoms with van der Waals surface area (Å²) in [6, 6.07) is 5.22. The number of aliphatic hydroxyl groups excluding tert-OH is 1. The van der Waals surface area contributed by atoms with E-state index in [1.54, 1.807) is 0 Å². The summed E-state index contributed by atoms with van der Waals surface area (Å²) in [6.45, 7) is -0.695. The number of rotatable bonds is 3. The maximum Gasteiger partial charge on any atom is 0.340 e. The monoisotopic (exact) mass is 280 g/mol. The fourth-order valence-corrected chi connectivity index (χ4v) is 1.95.